The molecule has 2 N–H and O–H groups in total. The summed E-state index contributed by atoms with van der Waals surface area (Å²) >= 11 is 0. The van der Waals surface area contributed by atoms with E-state index in [0.29, 0.717) is 12.0 Å². The fourth-order valence-electron chi connectivity index (χ4n) is 2.58. The fraction of sp³-hybridized carbons (Fsp3) is 0.294. The van der Waals surface area contributed by atoms with Gasteiger partial charge in [0, 0.05) is 5.56 Å². The van der Waals surface area contributed by atoms with E-state index in [9.17, 15) is 4.39 Å². The monoisotopic (exact) mass is 257 g/mol. The third-order valence-electron chi connectivity index (χ3n) is 4.00. The normalized spacial score (nSPS) is 14.2. The standard InChI is InChI=1S/C17H20FN/c1-4-17(19,15-9-5-6-11-16(15)18)14-10-7-8-12(2)13(14)3/h5-11H,4,19H2,1-3H3. The van der Waals surface area contributed by atoms with Crippen LogP contribution in [0.25, 0.3) is 0 Å². The molecule has 0 aromatic heterocycles. The Morgan fingerprint density at radius 2 is 1.63 bits per heavy atom. The van der Waals surface area contributed by atoms with E-state index in [4.69, 9.17) is 5.73 Å². The quantitative estimate of drug-likeness (QED) is 0.881. The van der Waals surface area contributed by atoms with Gasteiger partial charge in [0.1, 0.15) is 5.82 Å². The van der Waals surface area contributed by atoms with Gasteiger partial charge < -0.3 is 5.73 Å². The zero-order valence-electron chi connectivity index (χ0n) is 11.7. The smallest absolute Gasteiger partial charge is 0.128 e. The van der Waals surface area contributed by atoms with Crippen LogP contribution in [0.2, 0.25) is 0 Å². The summed E-state index contributed by atoms with van der Waals surface area (Å²) in [5.74, 6) is -0.243. The van der Waals surface area contributed by atoms with Crippen molar-refractivity contribution in [2.45, 2.75) is 32.7 Å². The summed E-state index contributed by atoms with van der Waals surface area (Å²) in [5.41, 5.74) is 9.67. The van der Waals surface area contributed by atoms with Crippen LogP contribution in [0.5, 0.6) is 0 Å². The van der Waals surface area contributed by atoms with Gasteiger partial charge in [-0.2, -0.15) is 0 Å². The van der Waals surface area contributed by atoms with E-state index in [1.807, 2.05) is 32.0 Å². The molecule has 100 valence electrons. The van der Waals surface area contributed by atoms with Crippen molar-refractivity contribution in [3.8, 4) is 0 Å². The maximum atomic E-state index is 14.1. The molecule has 19 heavy (non-hydrogen) atoms. The van der Waals surface area contributed by atoms with Gasteiger partial charge in [0.25, 0.3) is 0 Å². The van der Waals surface area contributed by atoms with Crippen LogP contribution < -0.4 is 5.73 Å². The number of nitrogens with two attached hydrogens (primary N) is 1. The van der Waals surface area contributed by atoms with Crippen molar-refractivity contribution in [2.24, 2.45) is 5.73 Å². The van der Waals surface area contributed by atoms with E-state index in [-0.39, 0.29) is 5.82 Å². The van der Waals surface area contributed by atoms with E-state index in [2.05, 4.69) is 13.0 Å². The molecule has 2 aromatic carbocycles. The predicted molar refractivity (Wildman–Crippen MR) is 77.6 cm³/mol. The third-order valence-corrected chi connectivity index (χ3v) is 4.00. The Morgan fingerprint density at radius 3 is 2.26 bits per heavy atom. The van der Waals surface area contributed by atoms with Crippen LogP contribution in [0.3, 0.4) is 0 Å². The molecule has 2 rings (SSSR count). The lowest BCUT2D eigenvalue weighted by Gasteiger charge is -2.32. The number of halogens is 1. The fourth-order valence-corrected chi connectivity index (χ4v) is 2.58. The Labute approximate surface area is 114 Å². The van der Waals surface area contributed by atoms with Crippen molar-refractivity contribution in [3.63, 3.8) is 0 Å². The molecule has 0 radical (unpaired) electrons. The number of rotatable bonds is 3. The molecular formula is C17H20FN. The Kier molecular flexibility index (Phi) is 3.72. The van der Waals surface area contributed by atoms with Gasteiger partial charge in [0.15, 0.2) is 0 Å². The van der Waals surface area contributed by atoms with E-state index < -0.39 is 5.54 Å². The van der Waals surface area contributed by atoms with Crippen LogP contribution in [-0.2, 0) is 5.54 Å². The highest BCUT2D eigenvalue weighted by Gasteiger charge is 2.31. The van der Waals surface area contributed by atoms with Crippen molar-refractivity contribution < 1.29 is 4.39 Å². The lowest BCUT2D eigenvalue weighted by Crippen LogP contribution is -2.39. The molecule has 0 saturated heterocycles. The van der Waals surface area contributed by atoms with Gasteiger partial charge in [-0.25, -0.2) is 4.39 Å². The molecule has 1 nitrogen and oxygen atoms in total. The lowest BCUT2D eigenvalue weighted by atomic mass is 9.78. The zero-order valence-corrected chi connectivity index (χ0v) is 11.7. The van der Waals surface area contributed by atoms with Gasteiger partial charge in [-0.15, -0.1) is 0 Å². The average Bonchev–Trinajstić information content (AvgIpc) is 2.41. The number of benzene rings is 2. The van der Waals surface area contributed by atoms with Crippen LogP contribution in [0.4, 0.5) is 4.39 Å². The Balaban J connectivity index is 2.67. The van der Waals surface area contributed by atoms with Crippen LogP contribution in [0.1, 0.15) is 35.6 Å². The SMILES string of the molecule is CCC(N)(c1ccccc1F)c1cccc(C)c1C. The summed E-state index contributed by atoms with van der Waals surface area (Å²) < 4.78 is 14.1. The van der Waals surface area contributed by atoms with E-state index in [1.54, 1.807) is 12.1 Å². The first-order valence-corrected chi connectivity index (χ1v) is 6.61. The highest BCUT2D eigenvalue weighted by Crippen LogP contribution is 2.34. The van der Waals surface area contributed by atoms with Crippen molar-refractivity contribution in [3.05, 3.63) is 70.5 Å². The molecule has 0 aliphatic heterocycles. The van der Waals surface area contributed by atoms with Crippen molar-refractivity contribution >= 4 is 0 Å². The van der Waals surface area contributed by atoms with E-state index >= 15 is 0 Å². The third kappa shape index (κ3) is 2.28. The summed E-state index contributed by atoms with van der Waals surface area (Å²) in [5, 5.41) is 0. The van der Waals surface area contributed by atoms with Gasteiger partial charge in [0.2, 0.25) is 0 Å². The Bertz CT molecular complexity index is 592. The maximum Gasteiger partial charge on any atom is 0.128 e. The zero-order chi connectivity index (χ0) is 14.0. The van der Waals surface area contributed by atoms with Gasteiger partial charge in [0.05, 0.1) is 5.54 Å². The summed E-state index contributed by atoms with van der Waals surface area (Å²) in [6, 6.07) is 12.8. The molecule has 0 heterocycles. The molecule has 1 atom stereocenters. The van der Waals surface area contributed by atoms with Gasteiger partial charge in [-0.3, -0.25) is 0 Å². The molecule has 0 saturated carbocycles. The predicted octanol–water partition coefficient (Wildman–Crippen LogP) is 4.05. The van der Waals surface area contributed by atoms with Crippen LogP contribution in [-0.4, -0.2) is 0 Å². The second-order valence-corrected chi connectivity index (χ2v) is 5.05. The van der Waals surface area contributed by atoms with Crippen molar-refractivity contribution in [1.29, 1.82) is 0 Å². The van der Waals surface area contributed by atoms with Crippen LogP contribution in [0, 0.1) is 19.7 Å². The number of hydrogen-bond acceptors (Lipinski definition) is 1. The molecular weight excluding hydrogens is 237 g/mol. The molecule has 0 spiro atoms. The minimum atomic E-state index is -0.776. The van der Waals surface area contributed by atoms with E-state index in [0.717, 1.165) is 11.1 Å². The number of aryl methyl sites for hydroxylation is 1. The highest BCUT2D eigenvalue weighted by molar-refractivity contribution is 5.45. The largest absolute Gasteiger partial charge is 0.318 e. The van der Waals surface area contributed by atoms with Gasteiger partial charge in [-0.1, -0.05) is 43.3 Å². The molecule has 0 aliphatic carbocycles. The van der Waals surface area contributed by atoms with Crippen molar-refractivity contribution in [1.82, 2.24) is 0 Å². The molecule has 0 fully saturated rings. The first-order valence-electron chi connectivity index (χ1n) is 6.61. The molecule has 0 aliphatic rings. The molecule has 2 heteroatoms. The molecule has 1 unspecified atom stereocenters. The number of hydrogen-bond donors (Lipinski definition) is 1. The average molecular weight is 257 g/mol. The minimum Gasteiger partial charge on any atom is -0.318 e. The van der Waals surface area contributed by atoms with Crippen LogP contribution in [0.15, 0.2) is 42.5 Å². The Morgan fingerprint density at radius 1 is 1.00 bits per heavy atom. The summed E-state index contributed by atoms with van der Waals surface area (Å²) in [6.45, 7) is 6.09. The minimum absolute atomic E-state index is 0.243. The topological polar surface area (TPSA) is 26.0 Å². The second-order valence-electron chi connectivity index (χ2n) is 5.05. The molecule has 2 aromatic rings. The Hall–Kier alpha value is -1.67. The first-order chi connectivity index (χ1) is 9.00. The summed E-state index contributed by atoms with van der Waals surface area (Å²) in [6.07, 6.45) is 0.651. The lowest BCUT2D eigenvalue weighted by molar-refractivity contribution is 0.477. The molecule has 0 bridgehead atoms. The summed E-state index contributed by atoms with van der Waals surface area (Å²) in [4.78, 5) is 0. The highest BCUT2D eigenvalue weighted by atomic mass is 19.1. The molecule has 0 amide bonds. The van der Waals surface area contributed by atoms with Crippen molar-refractivity contribution in [2.75, 3.05) is 0 Å². The van der Waals surface area contributed by atoms with Gasteiger partial charge >= 0.3 is 0 Å². The first kappa shape index (κ1) is 13.8. The summed E-state index contributed by atoms with van der Waals surface area (Å²) in [7, 11) is 0. The second kappa shape index (κ2) is 5.14. The van der Waals surface area contributed by atoms with Crippen LogP contribution >= 0.6 is 0 Å². The van der Waals surface area contributed by atoms with Gasteiger partial charge in [-0.05, 0) is 43.0 Å². The maximum absolute atomic E-state index is 14.1. The van der Waals surface area contributed by atoms with E-state index in [1.165, 1.54) is 11.6 Å².